The molecule has 2 heterocycles. The first-order chi connectivity index (χ1) is 11.2. The van der Waals surface area contributed by atoms with Crippen molar-refractivity contribution in [1.29, 1.82) is 5.26 Å². The molecule has 0 spiro atoms. The molecule has 1 aromatic heterocycles. The highest BCUT2D eigenvalue weighted by molar-refractivity contribution is 7.16. The molecule has 0 radical (unpaired) electrons. The van der Waals surface area contributed by atoms with Crippen molar-refractivity contribution in [2.24, 2.45) is 5.73 Å². The van der Waals surface area contributed by atoms with Crippen molar-refractivity contribution >= 4 is 33.7 Å². The molecule has 112 valence electrons. The van der Waals surface area contributed by atoms with Crippen LogP contribution in [-0.4, -0.2) is 0 Å². The molecule has 1 unspecified atom stereocenters. The molecule has 0 saturated heterocycles. The maximum Gasteiger partial charge on any atom is 0.205 e. The molecule has 0 bridgehead atoms. The van der Waals surface area contributed by atoms with E-state index in [2.05, 4.69) is 6.07 Å². The Balaban J connectivity index is 2.02. The number of nitrogens with two attached hydrogens (primary N) is 1. The fourth-order valence-corrected chi connectivity index (χ4v) is 4.15. The number of ether oxygens (including phenoxy) is 1. The van der Waals surface area contributed by atoms with E-state index in [0.29, 0.717) is 15.7 Å². The van der Waals surface area contributed by atoms with Crippen molar-refractivity contribution in [2.45, 2.75) is 5.92 Å². The zero-order valence-corrected chi connectivity index (χ0v) is 13.5. The van der Waals surface area contributed by atoms with E-state index < -0.39 is 0 Å². The molecule has 4 rings (SSSR count). The Hall–Kier alpha value is -2.48. The normalized spacial score (nSPS) is 16.8. The number of hydrogen-bond acceptors (Lipinski definition) is 4. The van der Waals surface area contributed by atoms with Gasteiger partial charge in [0.05, 0.1) is 10.3 Å². The molecule has 2 aromatic carbocycles. The van der Waals surface area contributed by atoms with Crippen LogP contribution in [0.3, 0.4) is 0 Å². The van der Waals surface area contributed by atoms with E-state index in [4.69, 9.17) is 22.1 Å². The second kappa shape index (κ2) is 5.31. The fraction of sp³-hybridized carbons (Fsp3) is 0.0556. The maximum absolute atomic E-state index is 9.54. The standard InChI is InChI=1S/C18H11ClN2OS/c19-15-8-7-14(23-15)16-12-6-5-10-3-1-2-4-11(10)17(12)22-18(21)13(16)9-20/h1-8,16H,21H2. The molecule has 0 fully saturated rings. The number of hydrogen-bond donors (Lipinski definition) is 1. The predicted octanol–water partition coefficient (Wildman–Crippen LogP) is 4.77. The molecular weight excluding hydrogens is 328 g/mol. The average Bonchev–Trinajstić information content (AvgIpc) is 2.99. The van der Waals surface area contributed by atoms with Gasteiger partial charge < -0.3 is 10.5 Å². The van der Waals surface area contributed by atoms with E-state index in [-0.39, 0.29) is 11.8 Å². The van der Waals surface area contributed by atoms with Crippen molar-refractivity contribution in [1.82, 2.24) is 0 Å². The van der Waals surface area contributed by atoms with Crippen LogP contribution in [0.4, 0.5) is 0 Å². The summed E-state index contributed by atoms with van der Waals surface area (Å²) < 4.78 is 6.50. The summed E-state index contributed by atoms with van der Waals surface area (Å²) >= 11 is 7.54. The SMILES string of the molecule is N#CC1=C(N)Oc2c(ccc3ccccc23)C1c1ccc(Cl)s1. The molecule has 1 aliphatic heterocycles. The average molecular weight is 339 g/mol. The van der Waals surface area contributed by atoms with Crippen molar-refractivity contribution in [3.05, 3.63) is 74.8 Å². The summed E-state index contributed by atoms with van der Waals surface area (Å²) in [6, 6.07) is 18.0. The number of nitrogens with zero attached hydrogens (tertiary/aromatic N) is 1. The Morgan fingerprint density at radius 1 is 1.13 bits per heavy atom. The minimum atomic E-state index is -0.245. The third-order valence-electron chi connectivity index (χ3n) is 3.99. The third-order valence-corrected chi connectivity index (χ3v) is 5.28. The summed E-state index contributed by atoms with van der Waals surface area (Å²) in [7, 11) is 0. The van der Waals surface area contributed by atoms with Gasteiger partial charge in [0.2, 0.25) is 5.88 Å². The zero-order chi connectivity index (χ0) is 16.0. The van der Waals surface area contributed by atoms with E-state index in [1.165, 1.54) is 11.3 Å². The molecule has 3 aromatic rings. The van der Waals surface area contributed by atoms with Crippen molar-refractivity contribution in [2.75, 3.05) is 0 Å². The number of thiophene rings is 1. The van der Waals surface area contributed by atoms with Gasteiger partial charge in [-0.15, -0.1) is 11.3 Å². The molecule has 0 aliphatic carbocycles. The minimum absolute atomic E-state index is 0.158. The summed E-state index contributed by atoms with van der Waals surface area (Å²) in [5.74, 6) is 0.630. The topological polar surface area (TPSA) is 59.0 Å². The summed E-state index contributed by atoms with van der Waals surface area (Å²) in [4.78, 5) is 0.981. The van der Waals surface area contributed by atoms with Crippen LogP contribution in [0.15, 0.2) is 60.0 Å². The first-order valence-electron chi connectivity index (χ1n) is 7.03. The van der Waals surface area contributed by atoms with Crippen LogP contribution in [0.5, 0.6) is 5.75 Å². The van der Waals surface area contributed by atoms with Gasteiger partial charge in [-0.05, 0) is 17.5 Å². The van der Waals surface area contributed by atoms with Crippen LogP contribution in [0, 0.1) is 11.3 Å². The van der Waals surface area contributed by atoms with Crippen LogP contribution in [0.25, 0.3) is 10.8 Å². The fourth-order valence-electron chi connectivity index (χ4n) is 2.96. The van der Waals surface area contributed by atoms with E-state index in [0.717, 1.165) is 21.2 Å². The van der Waals surface area contributed by atoms with Crippen LogP contribution in [-0.2, 0) is 0 Å². The highest BCUT2D eigenvalue weighted by atomic mass is 35.5. The van der Waals surface area contributed by atoms with Gasteiger partial charge in [0.15, 0.2) is 0 Å². The lowest BCUT2D eigenvalue weighted by Crippen LogP contribution is -2.20. The van der Waals surface area contributed by atoms with Gasteiger partial charge in [0, 0.05) is 15.8 Å². The zero-order valence-electron chi connectivity index (χ0n) is 11.9. The van der Waals surface area contributed by atoms with Gasteiger partial charge in [0.1, 0.15) is 17.4 Å². The molecule has 23 heavy (non-hydrogen) atoms. The first kappa shape index (κ1) is 14.1. The molecule has 5 heteroatoms. The minimum Gasteiger partial charge on any atom is -0.440 e. The molecule has 1 atom stereocenters. The number of benzene rings is 2. The Morgan fingerprint density at radius 3 is 2.70 bits per heavy atom. The number of rotatable bonds is 1. The lowest BCUT2D eigenvalue weighted by atomic mass is 9.86. The van der Waals surface area contributed by atoms with Gasteiger partial charge in [0.25, 0.3) is 0 Å². The van der Waals surface area contributed by atoms with Gasteiger partial charge >= 0.3 is 0 Å². The Morgan fingerprint density at radius 2 is 1.96 bits per heavy atom. The van der Waals surface area contributed by atoms with Crippen molar-refractivity contribution in [3.8, 4) is 11.8 Å². The Kier molecular flexibility index (Phi) is 3.26. The summed E-state index contributed by atoms with van der Waals surface area (Å²) in [5.41, 5.74) is 7.40. The second-order valence-electron chi connectivity index (χ2n) is 5.27. The molecule has 0 saturated carbocycles. The van der Waals surface area contributed by atoms with Gasteiger partial charge in [-0.1, -0.05) is 48.0 Å². The van der Waals surface area contributed by atoms with Crippen LogP contribution < -0.4 is 10.5 Å². The highest BCUT2D eigenvalue weighted by Gasteiger charge is 2.32. The lowest BCUT2D eigenvalue weighted by Gasteiger charge is -2.26. The van der Waals surface area contributed by atoms with Gasteiger partial charge in [-0.2, -0.15) is 5.26 Å². The lowest BCUT2D eigenvalue weighted by molar-refractivity contribution is 0.399. The van der Waals surface area contributed by atoms with Crippen LogP contribution in [0.2, 0.25) is 4.34 Å². The van der Waals surface area contributed by atoms with Crippen LogP contribution >= 0.6 is 22.9 Å². The molecule has 1 aliphatic rings. The molecule has 3 nitrogen and oxygen atoms in total. The van der Waals surface area contributed by atoms with E-state index in [1.54, 1.807) is 0 Å². The number of nitriles is 1. The van der Waals surface area contributed by atoms with Crippen LogP contribution in [0.1, 0.15) is 16.4 Å². The maximum atomic E-state index is 9.54. The van der Waals surface area contributed by atoms with E-state index >= 15 is 0 Å². The van der Waals surface area contributed by atoms with Gasteiger partial charge in [-0.3, -0.25) is 0 Å². The first-order valence-corrected chi connectivity index (χ1v) is 8.23. The summed E-state index contributed by atoms with van der Waals surface area (Å²) in [5, 5.41) is 11.6. The van der Waals surface area contributed by atoms with E-state index in [9.17, 15) is 5.26 Å². The largest absolute Gasteiger partial charge is 0.440 e. The predicted molar refractivity (Wildman–Crippen MR) is 92.6 cm³/mol. The summed E-state index contributed by atoms with van der Waals surface area (Å²) in [6.07, 6.45) is 0. The molecular formula is C18H11ClN2OS. The van der Waals surface area contributed by atoms with Gasteiger partial charge in [-0.25, -0.2) is 0 Å². The third kappa shape index (κ3) is 2.17. The summed E-state index contributed by atoms with van der Waals surface area (Å²) in [6.45, 7) is 0. The monoisotopic (exact) mass is 338 g/mol. The number of allylic oxidation sites excluding steroid dienone is 1. The number of halogens is 1. The smallest absolute Gasteiger partial charge is 0.205 e. The van der Waals surface area contributed by atoms with Crippen molar-refractivity contribution in [3.63, 3.8) is 0 Å². The number of fused-ring (bicyclic) bond motifs is 3. The molecule has 2 N–H and O–H groups in total. The Labute approximate surface area is 142 Å². The Bertz CT molecular complexity index is 1000. The quantitative estimate of drug-likeness (QED) is 0.695. The highest BCUT2D eigenvalue weighted by Crippen LogP contribution is 2.47. The van der Waals surface area contributed by atoms with Crippen molar-refractivity contribution < 1.29 is 4.74 Å². The second-order valence-corrected chi connectivity index (χ2v) is 7.02. The van der Waals surface area contributed by atoms with E-state index in [1.807, 2.05) is 48.5 Å². The molecule has 0 amide bonds.